The number of halogens is 1. The van der Waals surface area contributed by atoms with E-state index in [1.54, 1.807) is 69.7 Å². The Hall–Kier alpha value is -9.60. The molecule has 87 heavy (non-hydrogen) atoms. The number of aromatic nitrogens is 8. The number of fused-ring (bicyclic) bond motifs is 1. The van der Waals surface area contributed by atoms with Gasteiger partial charge in [0.1, 0.15) is 35.7 Å². The first-order valence-electron chi connectivity index (χ1n) is 25.5. The van der Waals surface area contributed by atoms with Crippen molar-refractivity contribution < 1.29 is 80.9 Å². The van der Waals surface area contributed by atoms with E-state index >= 15 is 0 Å². The Morgan fingerprint density at radius 2 is 1.52 bits per heavy atom. The number of hydrogen-bond acceptors (Lipinski definition) is 28. The lowest BCUT2D eigenvalue weighted by Crippen LogP contribution is -2.29. The van der Waals surface area contributed by atoms with Gasteiger partial charge < -0.3 is 70.4 Å². The van der Waals surface area contributed by atoms with Crippen molar-refractivity contribution in [2.24, 2.45) is 0 Å². The number of aliphatic carboxylic acids is 2. The first-order valence-corrected chi connectivity index (χ1v) is 28.3. The number of benzene rings is 2. The van der Waals surface area contributed by atoms with E-state index < -0.39 is 99.1 Å². The smallest absolute Gasteiger partial charge is 0.478 e. The third-order valence-electron chi connectivity index (χ3n) is 10.5. The highest BCUT2D eigenvalue weighted by atomic mass is 32.2. The Balaban J connectivity index is 0.000000275. The summed E-state index contributed by atoms with van der Waals surface area (Å²) in [5.74, 6) is -1.89. The number of ether oxygens (including phenoxy) is 6. The van der Waals surface area contributed by atoms with Crippen molar-refractivity contribution in [1.82, 2.24) is 39.0 Å². The predicted molar refractivity (Wildman–Crippen MR) is 311 cm³/mol. The van der Waals surface area contributed by atoms with Crippen molar-refractivity contribution >= 4 is 95.6 Å². The number of carbonyl (C=O) groups is 4. The van der Waals surface area contributed by atoms with E-state index in [2.05, 4.69) is 46.6 Å². The number of nitrogens with one attached hydrogen (secondary N) is 2. The number of nitrogens with two attached hydrogens (primary N) is 2. The lowest BCUT2D eigenvalue weighted by molar-refractivity contribution is -0.134. The Kier molecular flexibility index (Phi) is 28.1. The number of anilines is 6. The number of nitrogens with zero attached hydrogens (tertiary/aromatic N) is 10. The molecule has 1 fully saturated rings. The number of aryl methyl sites for hydroxylation is 2. The van der Waals surface area contributed by atoms with Gasteiger partial charge in [-0.05, 0) is 114 Å². The summed E-state index contributed by atoms with van der Waals surface area (Å²) < 4.78 is 69.1. The van der Waals surface area contributed by atoms with Gasteiger partial charge in [-0.3, -0.25) is 18.2 Å². The highest BCUT2D eigenvalue weighted by Gasteiger charge is 2.30. The summed E-state index contributed by atoms with van der Waals surface area (Å²) in [5, 5.41) is 48.5. The van der Waals surface area contributed by atoms with Crippen molar-refractivity contribution in [2.75, 3.05) is 54.4 Å². The third-order valence-corrected chi connectivity index (χ3v) is 13.1. The zero-order valence-corrected chi connectivity index (χ0v) is 49.4. The maximum atomic E-state index is 13.1. The van der Waals surface area contributed by atoms with E-state index in [9.17, 15) is 32.9 Å². The summed E-state index contributed by atoms with van der Waals surface area (Å²) in [6, 6.07) is 17.0. The fraction of sp³-hybridized carbons (Fsp3) is 0.340. The van der Waals surface area contributed by atoms with Crippen LogP contribution in [0.4, 0.5) is 48.8 Å². The monoisotopic (exact) mass is 1250 g/mol. The van der Waals surface area contributed by atoms with Crippen LogP contribution >= 0.6 is 19.4 Å². The molecule has 34 heteroatoms. The molecule has 0 amide bonds. The van der Waals surface area contributed by atoms with Crippen LogP contribution in [0.15, 0.2) is 90.5 Å². The number of aliphatic hydroxyl groups excluding tert-OH is 1. The Labute approximate surface area is 500 Å². The quantitative estimate of drug-likeness (QED) is 0.0115. The molecule has 0 saturated carbocycles. The maximum absolute atomic E-state index is 13.1. The van der Waals surface area contributed by atoms with E-state index in [1.807, 2.05) is 44.2 Å². The molecule has 2 aromatic carbocycles. The Morgan fingerprint density at radius 1 is 0.897 bits per heavy atom. The van der Waals surface area contributed by atoms with Crippen molar-refractivity contribution in [1.29, 1.82) is 10.5 Å². The summed E-state index contributed by atoms with van der Waals surface area (Å²) in [4.78, 5) is 77.8. The number of carboxylic acids is 2. The van der Waals surface area contributed by atoms with Crippen LogP contribution in [0.25, 0.3) is 17.2 Å². The SMILES string of the molecule is CC(C)OC(=O)OCOP(=O)(CO[C@H](C)Cn1cnc2c(N)ncnc21)OCOC(=O)OC(C)C.Cc1cc(/C=C/C#N)cc(C)c1Nc1ccnc(Nc2ccc(C#N)cc2)n1.Nc1nc(=O)n([C@@H]2CS[C@H](CO)O2)cc1F.O=C(O)/C=C/C(=O)O. The molecular weight excluding hydrogens is 1190 g/mol. The molecule has 5 heterocycles. The highest BCUT2D eigenvalue weighted by Crippen LogP contribution is 2.48. The lowest BCUT2D eigenvalue weighted by Gasteiger charge is -2.21. The number of imidazole rings is 1. The third kappa shape index (κ3) is 24.5. The van der Waals surface area contributed by atoms with Gasteiger partial charge in [-0.2, -0.15) is 20.5 Å². The number of nitrogen functional groups attached to an aromatic ring is 2. The largest absolute Gasteiger partial charge is 0.510 e. The van der Waals surface area contributed by atoms with Gasteiger partial charge in [0.05, 0.1) is 61.7 Å². The maximum Gasteiger partial charge on any atom is 0.510 e. The minimum Gasteiger partial charge on any atom is -0.478 e. The van der Waals surface area contributed by atoms with E-state index in [0.717, 1.165) is 38.8 Å². The second-order valence-electron chi connectivity index (χ2n) is 18.1. The van der Waals surface area contributed by atoms with Gasteiger partial charge in [-0.1, -0.05) is 0 Å². The fourth-order valence-corrected chi connectivity index (χ4v) is 8.76. The molecule has 1 saturated heterocycles. The summed E-state index contributed by atoms with van der Waals surface area (Å²) in [6.07, 6.45) is 5.26. The number of nitriles is 2. The molecule has 7 rings (SSSR count). The second kappa shape index (κ2) is 35.0. The van der Waals surface area contributed by atoms with E-state index in [-0.39, 0.29) is 19.0 Å². The summed E-state index contributed by atoms with van der Waals surface area (Å²) in [6.45, 7) is 10.8. The Morgan fingerprint density at radius 3 is 2.07 bits per heavy atom. The fourth-order valence-electron chi connectivity index (χ4n) is 6.74. The van der Waals surface area contributed by atoms with E-state index in [1.165, 1.54) is 30.5 Å². The van der Waals surface area contributed by atoms with Gasteiger partial charge in [0.25, 0.3) is 0 Å². The normalized spacial score (nSPS) is 13.9. The molecule has 0 aliphatic carbocycles. The number of aliphatic hydroxyl groups is 1. The van der Waals surface area contributed by atoms with Crippen molar-refractivity contribution in [3.63, 3.8) is 0 Å². The van der Waals surface area contributed by atoms with Crippen molar-refractivity contribution in [3.05, 3.63) is 124 Å². The first kappa shape index (κ1) is 69.9. The average molecular weight is 1250 g/mol. The zero-order valence-electron chi connectivity index (χ0n) is 47.7. The van der Waals surface area contributed by atoms with Crippen molar-refractivity contribution in [2.45, 2.75) is 85.0 Å². The lowest BCUT2D eigenvalue weighted by atomic mass is 10.0. The summed E-state index contributed by atoms with van der Waals surface area (Å²) >= 11 is 1.35. The molecule has 9 N–H and O–H groups in total. The molecule has 0 spiro atoms. The van der Waals surface area contributed by atoms with Crippen molar-refractivity contribution in [3.8, 4) is 12.1 Å². The van der Waals surface area contributed by atoms with Crippen LogP contribution in [0.2, 0.25) is 0 Å². The van der Waals surface area contributed by atoms with Gasteiger partial charge in [-0.15, -0.1) is 11.8 Å². The van der Waals surface area contributed by atoms with E-state index in [4.69, 9.17) is 74.8 Å². The molecule has 464 valence electrons. The van der Waals surface area contributed by atoms with Crippen LogP contribution in [0.5, 0.6) is 0 Å². The van der Waals surface area contributed by atoms with E-state index in [0.29, 0.717) is 46.4 Å². The molecule has 1 aliphatic heterocycles. The molecule has 0 bridgehead atoms. The number of carboxylic acid groups (broad SMARTS) is 2. The molecule has 3 atom stereocenters. The van der Waals surface area contributed by atoms with Crippen LogP contribution in [0, 0.1) is 42.3 Å². The topological polar surface area (TPSA) is 448 Å². The van der Waals surface area contributed by atoms with Gasteiger partial charge >= 0.3 is 37.5 Å². The molecule has 6 aromatic rings. The number of allylic oxidation sites excluding steroid dienone is 1. The van der Waals surface area contributed by atoms with Gasteiger partial charge in [0.2, 0.25) is 19.5 Å². The number of thioether (sulfide) groups is 1. The second-order valence-corrected chi connectivity index (χ2v) is 21.3. The zero-order chi connectivity index (χ0) is 64.2. The average Bonchev–Trinajstić information content (AvgIpc) is 2.07. The minimum atomic E-state index is -4.06. The molecular formula is C53H62FN14O17PS. The molecule has 31 nitrogen and oxygen atoms in total. The highest BCUT2D eigenvalue weighted by molar-refractivity contribution is 8.00. The standard InChI is InChI=1S/C22H18N6.C19H30N5O10P.C8H10FN3O3S.C4H4O4/c1-15-12-18(4-3-10-23)13-16(2)21(15)27-20-9-11-25-22(28-20)26-19-7-5-17(14-24)6-8-19;1-12(2)33-18(25)28-9-31-35(27,32-10-29-19(26)34-13(3)4)11-30-14(5)6-24-8-23-15-16(20)21-7-22-17(15)24;9-4-1-12(8(14)11-7(4)10)5-3-16-6(2-13)15-5;5-3(6)1-2-4(7)8/h3-9,11-13H,1-2H3,(H2,25,26,27,28);7-8,12-14H,6,9-11H2,1-5H3,(H2,20,21,22);1,5-6,13H,2-3H2,(H2,10,11,14);1-2H,(H,5,6)(H,7,8)/b4-3+;;;2-1+/t;14-;5-,6+;/m.10./s1. The summed E-state index contributed by atoms with van der Waals surface area (Å²) in [5.41, 5.74) is 16.3. The number of rotatable bonds is 22. The molecule has 1 aliphatic rings. The summed E-state index contributed by atoms with van der Waals surface area (Å²) in [7, 11) is -4.06. The Bertz CT molecular complexity index is 3490. The van der Waals surface area contributed by atoms with Gasteiger partial charge in [0, 0.05) is 41.6 Å². The van der Waals surface area contributed by atoms with Gasteiger partial charge in [-0.25, -0.2) is 48.3 Å². The van der Waals surface area contributed by atoms with Crippen LogP contribution < -0.4 is 27.8 Å². The molecule has 4 aromatic heterocycles. The first-order chi connectivity index (χ1) is 41.3. The number of carbonyl (C=O) groups excluding carboxylic acids is 2. The van der Waals surface area contributed by atoms with Crippen LogP contribution in [0.1, 0.15) is 63.1 Å². The molecule has 0 unspecified atom stereocenters. The van der Waals surface area contributed by atoms with Crippen LogP contribution in [0.3, 0.4) is 0 Å². The molecule has 0 radical (unpaired) electrons. The van der Waals surface area contributed by atoms with Crippen LogP contribution in [-0.4, -0.2) is 135 Å². The van der Waals surface area contributed by atoms with Gasteiger partial charge in [0.15, 0.2) is 23.1 Å². The number of hydrogen-bond donors (Lipinski definition) is 7. The van der Waals surface area contributed by atoms with Crippen LogP contribution in [-0.2, 0) is 58.2 Å². The predicted octanol–water partition coefficient (Wildman–Crippen LogP) is 7.28. The minimum absolute atomic E-state index is 0.152.